The zero-order valence-electron chi connectivity index (χ0n) is 16.9. The molecule has 0 saturated heterocycles. The van der Waals surface area contributed by atoms with Gasteiger partial charge in [0.2, 0.25) is 5.91 Å². The molecule has 29 heavy (non-hydrogen) atoms. The molecule has 0 fully saturated rings. The number of amides is 1. The fourth-order valence-electron chi connectivity index (χ4n) is 3.65. The van der Waals surface area contributed by atoms with Gasteiger partial charge in [-0.3, -0.25) is 9.78 Å². The van der Waals surface area contributed by atoms with Crippen molar-refractivity contribution in [1.29, 1.82) is 0 Å². The van der Waals surface area contributed by atoms with Crippen molar-refractivity contribution < 1.29 is 13.9 Å². The van der Waals surface area contributed by atoms with Crippen LogP contribution in [-0.4, -0.2) is 18.0 Å². The van der Waals surface area contributed by atoms with E-state index >= 15 is 0 Å². The molecule has 4 aromatic rings. The number of aromatic nitrogens is 1. The van der Waals surface area contributed by atoms with Gasteiger partial charge in [-0.05, 0) is 62.2 Å². The average Bonchev–Trinajstić information content (AvgIpc) is 3.09. The van der Waals surface area contributed by atoms with Gasteiger partial charge < -0.3 is 14.5 Å². The van der Waals surface area contributed by atoms with E-state index < -0.39 is 0 Å². The predicted octanol–water partition coefficient (Wildman–Crippen LogP) is 5.65. The summed E-state index contributed by atoms with van der Waals surface area (Å²) in [6.07, 6.45) is 5.07. The van der Waals surface area contributed by atoms with Crippen molar-refractivity contribution in [3.05, 3.63) is 71.6 Å². The van der Waals surface area contributed by atoms with E-state index in [2.05, 4.69) is 10.3 Å². The second-order valence-electron chi connectivity index (χ2n) is 7.07. The van der Waals surface area contributed by atoms with Crippen molar-refractivity contribution in [2.75, 3.05) is 12.4 Å². The standard InChI is InChI=1S/C24H22N2O3/c1-14(18-12-19-15(2)13-29-24(19)16(3)23(18)28-4)11-22(27)26-21-9-5-8-20-17(21)7-6-10-25-20/h5-13H,1-4H3,(H,26,27)/b14-11+. The summed E-state index contributed by atoms with van der Waals surface area (Å²) in [4.78, 5) is 17.1. The molecule has 2 aromatic heterocycles. The lowest BCUT2D eigenvalue weighted by molar-refractivity contribution is -0.111. The number of carbonyl (C=O) groups is 1. The summed E-state index contributed by atoms with van der Waals surface area (Å²) in [6, 6.07) is 11.5. The Balaban J connectivity index is 1.71. The van der Waals surface area contributed by atoms with Crippen LogP contribution in [0.4, 0.5) is 5.69 Å². The van der Waals surface area contributed by atoms with Crippen LogP contribution in [0.1, 0.15) is 23.6 Å². The minimum absolute atomic E-state index is 0.206. The molecule has 0 bridgehead atoms. The summed E-state index contributed by atoms with van der Waals surface area (Å²) < 4.78 is 11.3. The lowest BCUT2D eigenvalue weighted by atomic mass is 9.98. The third-order valence-electron chi connectivity index (χ3n) is 5.12. The minimum Gasteiger partial charge on any atom is -0.496 e. The van der Waals surface area contributed by atoms with E-state index in [0.29, 0.717) is 5.75 Å². The van der Waals surface area contributed by atoms with Crippen molar-refractivity contribution in [3.8, 4) is 5.75 Å². The molecule has 0 unspecified atom stereocenters. The van der Waals surface area contributed by atoms with Gasteiger partial charge in [0.1, 0.15) is 11.3 Å². The van der Waals surface area contributed by atoms with Crippen molar-refractivity contribution in [2.24, 2.45) is 0 Å². The van der Waals surface area contributed by atoms with Crippen molar-refractivity contribution >= 4 is 39.0 Å². The van der Waals surface area contributed by atoms with Crippen LogP contribution in [0.25, 0.3) is 27.4 Å². The molecule has 0 saturated carbocycles. The van der Waals surface area contributed by atoms with Crippen molar-refractivity contribution in [3.63, 3.8) is 0 Å². The van der Waals surface area contributed by atoms with Gasteiger partial charge in [-0.25, -0.2) is 0 Å². The van der Waals surface area contributed by atoms with E-state index in [1.807, 2.05) is 57.2 Å². The summed E-state index contributed by atoms with van der Waals surface area (Å²) in [5.74, 6) is 0.505. The Morgan fingerprint density at radius 2 is 2.00 bits per heavy atom. The number of allylic oxidation sites excluding steroid dienone is 1. The Hall–Kier alpha value is -3.60. The largest absolute Gasteiger partial charge is 0.496 e. The van der Waals surface area contributed by atoms with Crippen molar-refractivity contribution in [2.45, 2.75) is 20.8 Å². The quantitative estimate of drug-likeness (QED) is 0.460. The lowest BCUT2D eigenvalue weighted by Gasteiger charge is -2.13. The van der Waals surface area contributed by atoms with Crippen LogP contribution < -0.4 is 10.1 Å². The van der Waals surface area contributed by atoms with Crippen LogP contribution >= 0.6 is 0 Å². The number of nitrogens with one attached hydrogen (secondary N) is 1. The average molecular weight is 386 g/mol. The predicted molar refractivity (Wildman–Crippen MR) is 116 cm³/mol. The van der Waals surface area contributed by atoms with Gasteiger partial charge in [-0.2, -0.15) is 0 Å². The molecule has 5 heteroatoms. The highest BCUT2D eigenvalue weighted by Gasteiger charge is 2.17. The first kappa shape index (κ1) is 18.7. The van der Waals surface area contributed by atoms with E-state index in [1.165, 1.54) is 0 Å². The first-order valence-corrected chi connectivity index (χ1v) is 9.38. The van der Waals surface area contributed by atoms with Gasteiger partial charge in [-0.15, -0.1) is 0 Å². The molecule has 0 aliphatic rings. The number of nitrogens with zero attached hydrogens (tertiary/aromatic N) is 1. The lowest BCUT2D eigenvalue weighted by Crippen LogP contribution is -2.09. The van der Waals surface area contributed by atoms with E-state index in [9.17, 15) is 4.79 Å². The highest BCUT2D eigenvalue weighted by molar-refractivity contribution is 6.08. The number of hydrogen-bond donors (Lipinski definition) is 1. The Bertz CT molecular complexity index is 1260. The number of fused-ring (bicyclic) bond motifs is 2. The molecule has 0 spiro atoms. The van der Waals surface area contributed by atoms with Gasteiger partial charge >= 0.3 is 0 Å². The molecule has 1 amide bonds. The Morgan fingerprint density at radius 3 is 2.79 bits per heavy atom. The van der Waals surface area contributed by atoms with Crippen LogP contribution in [0.15, 0.2) is 59.4 Å². The van der Waals surface area contributed by atoms with Gasteiger partial charge in [-0.1, -0.05) is 6.07 Å². The van der Waals surface area contributed by atoms with Crippen LogP contribution in [0.5, 0.6) is 5.75 Å². The minimum atomic E-state index is -0.206. The molecular formula is C24H22N2O3. The van der Waals surface area contributed by atoms with Gasteiger partial charge in [0, 0.05) is 34.2 Å². The monoisotopic (exact) mass is 386 g/mol. The number of pyridine rings is 1. The molecule has 1 N–H and O–H groups in total. The number of benzene rings is 2. The first-order chi connectivity index (χ1) is 14.0. The number of furan rings is 1. The summed E-state index contributed by atoms with van der Waals surface area (Å²) in [7, 11) is 1.63. The normalized spacial score (nSPS) is 11.8. The van der Waals surface area contributed by atoms with Gasteiger partial charge in [0.15, 0.2) is 0 Å². The fourth-order valence-corrected chi connectivity index (χ4v) is 3.65. The molecular weight excluding hydrogens is 364 g/mol. The molecule has 0 aliphatic heterocycles. The summed E-state index contributed by atoms with van der Waals surface area (Å²) in [5.41, 5.74) is 6.02. The van der Waals surface area contributed by atoms with Crippen LogP contribution in [0, 0.1) is 13.8 Å². The number of methoxy groups -OCH3 is 1. The number of hydrogen-bond acceptors (Lipinski definition) is 4. The summed E-state index contributed by atoms with van der Waals surface area (Å²) in [6.45, 7) is 5.87. The molecule has 146 valence electrons. The second kappa shape index (κ2) is 7.43. The Labute approximate surface area is 169 Å². The number of ether oxygens (including phenoxy) is 1. The number of carbonyl (C=O) groups excluding carboxylic acids is 1. The molecule has 0 aliphatic carbocycles. The third kappa shape index (κ3) is 3.36. The number of rotatable bonds is 4. The molecule has 0 atom stereocenters. The molecule has 2 aromatic carbocycles. The van der Waals surface area contributed by atoms with Crippen LogP contribution in [0.2, 0.25) is 0 Å². The maximum atomic E-state index is 12.7. The maximum Gasteiger partial charge on any atom is 0.248 e. The van der Waals surface area contributed by atoms with E-state index in [0.717, 1.165) is 49.8 Å². The molecule has 4 rings (SSSR count). The molecule has 0 radical (unpaired) electrons. The zero-order chi connectivity index (χ0) is 20.5. The van der Waals surface area contributed by atoms with Gasteiger partial charge in [0.05, 0.1) is 24.6 Å². The van der Waals surface area contributed by atoms with E-state index in [-0.39, 0.29) is 5.91 Å². The van der Waals surface area contributed by atoms with Crippen LogP contribution in [-0.2, 0) is 4.79 Å². The Morgan fingerprint density at radius 1 is 1.17 bits per heavy atom. The topological polar surface area (TPSA) is 64.4 Å². The SMILES string of the molecule is COc1c(/C(C)=C/C(=O)Nc2cccc3ncccc23)cc2c(C)coc2c1C. The fraction of sp³-hybridized carbons (Fsp3) is 0.167. The number of anilines is 1. The highest BCUT2D eigenvalue weighted by Crippen LogP contribution is 2.37. The Kier molecular flexibility index (Phi) is 4.80. The maximum absolute atomic E-state index is 12.7. The molecule has 5 nitrogen and oxygen atoms in total. The second-order valence-corrected chi connectivity index (χ2v) is 7.07. The zero-order valence-corrected chi connectivity index (χ0v) is 16.9. The van der Waals surface area contributed by atoms with E-state index in [1.54, 1.807) is 25.6 Å². The summed E-state index contributed by atoms with van der Waals surface area (Å²) >= 11 is 0. The van der Waals surface area contributed by atoms with E-state index in [4.69, 9.17) is 9.15 Å². The van der Waals surface area contributed by atoms with Crippen molar-refractivity contribution in [1.82, 2.24) is 4.98 Å². The third-order valence-corrected chi connectivity index (χ3v) is 5.12. The van der Waals surface area contributed by atoms with Crippen LogP contribution in [0.3, 0.4) is 0 Å². The first-order valence-electron chi connectivity index (χ1n) is 9.38. The van der Waals surface area contributed by atoms with Gasteiger partial charge in [0.25, 0.3) is 0 Å². The number of aryl methyl sites for hydroxylation is 2. The summed E-state index contributed by atoms with van der Waals surface area (Å²) in [5, 5.41) is 4.89. The molecule has 2 heterocycles. The smallest absolute Gasteiger partial charge is 0.248 e. The highest BCUT2D eigenvalue weighted by atomic mass is 16.5.